The largest absolute Gasteiger partial charge is 0.342 e. The Hall–Kier alpha value is -1.93. The summed E-state index contributed by atoms with van der Waals surface area (Å²) in [4.78, 5) is 25.7. The third-order valence-electron chi connectivity index (χ3n) is 4.12. The van der Waals surface area contributed by atoms with Crippen molar-refractivity contribution >= 4 is 27.5 Å². The first-order chi connectivity index (χ1) is 11.2. The zero-order valence-corrected chi connectivity index (χ0v) is 15.0. The fourth-order valence-electron chi connectivity index (χ4n) is 2.67. The van der Waals surface area contributed by atoms with Crippen molar-refractivity contribution in [2.75, 3.05) is 32.5 Å². The summed E-state index contributed by atoms with van der Waals surface area (Å²) in [6.07, 6.45) is 1.50. The van der Waals surface area contributed by atoms with Gasteiger partial charge in [-0.05, 0) is 31.0 Å². The summed E-state index contributed by atoms with van der Waals surface area (Å²) in [5, 5.41) is 2.76. The minimum Gasteiger partial charge on any atom is -0.342 e. The van der Waals surface area contributed by atoms with Crippen molar-refractivity contribution in [2.24, 2.45) is 5.92 Å². The second-order valence-electron chi connectivity index (χ2n) is 6.11. The van der Waals surface area contributed by atoms with Gasteiger partial charge in [0.1, 0.15) is 0 Å². The number of sulfonamides is 1. The van der Waals surface area contributed by atoms with Gasteiger partial charge in [0, 0.05) is 39.8 Å². The second kappa shape index (κ2) is 7.31. The van der Waals surface area contributed by atoms with Gasteiger partial charge in [-0.15, -0.1) is 0 Å². The van der Waals surface area contributed by atoms with Crippen molar-refractivity contribution in [1.29, 1.82) is 0 Å². The number of amides is 2. The Morgan fingerprint density at radius 3 is 2.62 bits per heavy atom. The van der Waals surface area contributed by atoms with E-state index < -0.39 is 10.0 Å². The molecule has 1 N–H and O–H groups in total. The summed E-state index contributed by atoms with van der Waals surface area (Å²) in [7, 11) is -0.636. The summed E-state index contributed by atoms with van der Waals surface area (Å²) >= 11 is 0. The molecule has 1 aromatic rings. The van der Waals surface area contributed by atoms with Crippen LogP contribution in [0.3, 0.4) is 0 Å². The molecule has 24 heavy (non-hydrogen) atoms. The fraction of sp³-hybridized carbons (Fsp3) is 0.500. The molecule has 1 aliphatic rings. The van der Waals surface area contributed by atoms with Crippen molar-refractivity contribution in [2.45, 2.75) is 24.7 Å². The predicted octanol–water partition coefficient (Wildman–Crippen LogP) is 1.13. The molecule has 0 spiro atoms. The fourth-order valence-corrected chi connectivity index (χ4v) is 3.61. The zero-order chi connectivity index (χ0) is 17.9. The number of nitrogens with one attached hydrogen (secondary N) is 1. The van der Waals surface area contributed by atoms with E-state index in [1.54, 1.807) is 17.0 Å². The number of anilines is 1. The second-order valence-corrected chi connectivity index (χ2v) is 8.26. The van der Waals surface area contributed by atoms with E-state index in [2.05, 4.69) is 5.32 Å². The van der Waals surface area contributed by atoms with Gasteiger partial charge in [0.25, 0.3) is 0 Å². The van der Waals surface area contributed by atoms with Crippen LogP contribution >= 0.6 is 0 Å². The molecule has 0 aliphatic carbocycles. The third-order valence-corrected chi connectivity index (χ3v) is 5.93. The van der Waals surface area contributed by atoms with Crippen LogP contribution in [0.1, 0.15) is 19.8 Å². The zero-order valence-electron chi connectivity index (χ0n) is 14.2. The van der Waals surface area contributed by atoms with Crippen LogP contribution in [0.5, 0.6) is 0 Å². The van der Waals surface area contributed by atoms with Gasteiger partial charge < -0.3 is 10.2 Å². The maximum absolute atomic E-state index is 12.4. The van der Waals surface area contributed by atoms with Crippen molar-refractivity contribution < 1.29 is 18.0 Å². The van der Waals surface area contributed by atoms with Crippen LogP contribution < -0.4 is 5.32 Å². The average Bonchev–Trinajstić information content (AvgIpc) is 2.55. The predicted molar refractivity (Wildman–Crippen MR) is 90.9 cm³/mol. The molecule has 1 saturated heterocycles. The molecule has 0 bridgehead atoms. The molecule has 0 aromatic heterocycles. The van der Waals surface area contributed by atoms with E-state index in [0.29, 0.717) is 25.2 Å². The van der Waals surface area contributed by atoms with Crippen molar-refractivity contribution in [3.8, 4) is 0 Å². The SMILES string of the molecule is CC(=O)N1CCC[C@H](C(=O)Nc2cccc(S(=O)(=O)N(C)C)c2)C1. The lowest BCUT2D eigenvalue weighted by molar-refractivity contribution is -0.132. The molecule has 0 radical (unpaired) electrons. The number of likely N-dealkylation sites (tertiary alicyclic amines) is 1. The van der Waals surface area contributed by atoms with Gasteiger partial charge in [-0.3, -0.25) is 9.59 Å². The quantitative estimate of drug-likeness (QED) is 0.879. The molecule has 0 unspecified atom stereocenters. The Bertz CT molecular complexity index is 731. The summed E-state index contributed by atoms with van der Waals surface area (Å²) in [5.41, 5.74) is 0.433. The van der Waals surface area contributed by atoms with Gasteiger partial charge in [-0.1, -0.05) is 6.07 Å². The molecule has 8 heteroatoms. The maximum atomic E-state index is 12.4. The molecule has 2 amide bonds. The van der Waals surface area contributed by atoms with E-state index in [1.165, 1.54) is 33.2 Å². The summed E-state index contributed by atoms with van der Waals surface area (Å²) < 4.78 is 25.4. The van der Waals surface area contributed by atoms with E-state index >= 15 is 0 Å². The Morgan fingerprint density at radius 2 is 2.00 bits per heavy atom. The lowest BCUT2D eigenvalue weighted by Crippen LogP contribution is -2.42. The molecule has 132 valence electrons. The van der Waals surface area contributed by atoms with Crippen LogP contribution in [-0.4, -0.2) is 56.6 Å². The number of nitrogens with zero attached hydrogens (tertiary/aromatic N) is 2. The smallest absolute Gasteiger partial charge is 0.242 e. The topological polar surface area (TPSA) is 86.8 Å². The summed E-state index contributed by atoms with van der Waals surface area (Å²) in [6, 6.07) is 6.18. The molecule has 1 aliphatic heterocycles. The van der Waals surface area contributed by atoms with Crippen molar-refractivity contribution in [1.82, 2.24) is 9.21 Å². The number of rotatable bonds is 4. The third kappa shape index (κ3) is 4.12. The lowest BCUT2D eigenvalue weighted by Gasteiger charge is -2.31. The Labute approximate surface area is 142 Å². The molecule has 0 saturated carbocycles. The van der Waals surface area contributed by atoms with Crippen molar-refractivity contribution in [3.63, 3.8) is 0 Å². The van der Waals surface area contributed by atoms with Gasteiger partial charge in [0.05, 0.1) is 10.8 Å². The van der Waals surface area contributed by atoms with Crippen LogP contribution in [0.4, 0.5) is 5.69 Å². The standard InChI is InChI=1S/C16H23N3O4S/c1-12(20)19-9-5-6-13(11-19)16(21)17-14-7-4-8-15(10-14)24(22,23)18(2)3/h4,7-8,10,13H,5-6,9,11H2,1-3H3,(H,17,21)/t13-/m0/s1. The van der Waals surface area contributed by atoms with E-state index in [4.69, 9.17) is 0 Å². The lowest BCUT2D eigenvalue weighted by atomic mass is 9.97. The number of piperidine rings is 1. The van der Waals surface area contributed by atoms with Gasteiger partial charge in [0.2, 0.25) is 21.8 Å². The first-order valence-electron chi connectivity index (χ1n) is 7.81. The first kappa shape index (κ1) is 18.4. The number of hydrogen-bond acceptors (Lipinski definition) is 4. The van der Waals surface area contributed by atoms with Crippen LogP contribution in [-0.2, 0) is 19.6 Å². The normalized spacial score (nSPS) is 18.5. The molecule has 1 heterocycles. The first-order valence-corrected chi connectivity index (χ1v) is 9.25. The molecule has 1 atom stereocenters. The number of benzene rings is 1. The Kier molecular flexibility index (Phi) is 5.61. The number of carbonyl (C=O) groups is 2. The van der Waals surface area contributed by atoms with E-state index in [0.717, 1.165) is 10.7 Å². The highest BCUT2D eigenvalue weighted by Gasteiger charge is 2.27. The molecule has 7 nitrogen and oxygen atoms in total. The van der Waals surface area contributed by atoms with Crippen LogP contribution in [0.2, 0.25) is 0 Å². The van der Waals surface area contributed by atoms with E-state index in [-0.39, 0.29) is 22.6 Å². The molecule has 2 rings (SSSR count). The van der Waals surface area contributed by atoms with E-state index in [1.807, 2.05) is 0 Å². The summed E-state index contributed by atoms with van der Waals surface area (Å²) in [6.45, 7) is 2.57. The van der Waals surface area contributed by atoms with Crippen LogP contribution in [0.25, 0.3) is 0 Å². The highest BCUT2D eigenvalue weighted by molar-refractivity contribution is 7.89. The van der Waals surface area contributed by atoms with Gasteiger partial charge in [-0.25, -0.2) is 12.7 Å². The number of hydrogen-bond donors (Lipinski definition) is 1. The Balaban J connectivity index is 2.11. The average molecular weight is 353 g/mol. The molecule has 1 fully saturated rings. The molecular weight excluding hydrogens is 330 g/mol. The van der Waals surface area contributed by atoms with Crippen LogP contribution in [0.15, 0.2) is 29.2 Å². The van der Waals surface area contributed by atoms with Crippen LogP contribution in [0, 0.1) is 5.92 Å². The van der Waals surface area contributed by atoms with Gasteiger partial charge in [0.15, 0.2) is 0 Å². The highest BCUT2D eigenvalue weighted by atomic mass is 32.2. The van der Waals surface area contributed by atoms with E-state index in [9.17, 15) is 18.0 Å². The monoisotopic (exact) mass is 353 g/mol. The minimum atomic E-state index is -3.55. The van der Waals surface area contributed by atoms with Gasteiger partial charge in [-0.2, -0.15) is 0 Å². The molecular formula is C16H23N3O4S. The Morgan fingerprint density at radius 1 is 1.29 bits per heavy atom. The van der Waals surface area contributed by atoms with Gasteiger partial charge >= 0.3 is 0 Å². The number of carbonyl (C=O) groups excluding carboxylic acids is 2. The minimum absolute atomic E-state index is 0.0356. The highest BCUT2D eigenvalue weighted by Crippen LogP contribution is 2.21. The summed E-state index contributed by atoms with van der Waals surface area (Å²) in [5.74, 6) is -0.510. The molecule has 1 aromatic carbocycles. The van der Waals surface area contributed by atoms with Crippen molar-refractivity contribution in [3.05, 3.63) is 24.3 Å². The maximum Gasteiger partial charge on any atom is 0.242 e.